The molecule has 2 aromatic rings. The van der Waals surface area contributed by atoms with E-state index >= 15 is 0 Å². The van der Waals surface area contributed by atoms with Gasteiger partial charge in [-0.1, -0.05) is 82.1 Å². The lowest BCUT2D eigenvalue weighted by Crippen LogP contribution is -2.56. The Labute approximate surface area is 264 Å². The Bertz CT molecular complexity index is 1370. The number of hydrogen-bond donors (Lipinski definition) is 1. The van der Waals surface area contributed by atoms with Gasteiger partial charge in [0.05, 0.1) is 33.9 Å². The van der Waals surface area contributed by atoms with Crippen LogP contribution in [-0.4, -0.2) is 79.7 Å². The second-order valence-electron chi connectivity index (χ2n) is 11.1. The number of carbonyl (C=O) groups excluding carboxylic acids is 3. The zero-order valence-corrected chi connectivity index (χ0v) is 26.7. The van der Waals surface area contributed by atoms with Crippen LogP contribution in [0.15, 0.2) is 73.8 Å². The molecule has 1 N–H and O–H groups in total. The number of para-hydroxylation sites is 1. The van der Waals surface area contributed by atoms with Crippen molar-refractivity contribution in [2.75, 3.05) is 31.1 Å². The highest BCUT2D eigenvalue weighted by molar-refractivity contribution is 9.09. The summed E-state index contributed by atoms with van der Waals surface area (Å²) >= 11 is 12.0. The smallest absolute Gasteiger partial charge is 0.251 e. The number of β-amino-alcohol motifs (C(OH)–C–C–N with tert-alkyl or cyclic N) is 1. The second-order valence-corrected chi connectivity index (χ2v) is 14.2. The molecule has 2 aromatic carbocycles. The van der Waals surface area contributed by atoms with E-state index in [9.17, 15) is 19.5 Å². The molecule has 3 fully saturated rings. The summed E-state index contributed by atoms with van der Waals surface area (Å²) < 4.78 is -0.844. The Kier molecular flexibility index (Phi) is 9.23. The number of benzene rings is 2. The fourth-order valence-corrected chi connectivity index (χ4v) is 10.9. The van der Waals surface area contributed by atoms with Crippen LogP contribution in [0.25, 0.3) is 0 Å². The monoisotopic (exact) mass is 671 g/mol. The van der Waals surface area contributed by atoms with Crippen LogP contribution < -0.4 is 4.90 Å². The zero-order valence-electron chi connectivity index (χ0n) is 23.5. The van der Waals surface area contributed by atoms with Crippen LogP contribution in [0, 0.1) is 18.8 Å². The number of thioether (sulfide) groups is 1. The van der Waals surface area contributed by atoms with Gasteiger partial charge in [-0.05, 0) is 30.5 Å². The molecule has 3 aliphatic rings. The molecule has 0 saturated carbocycles. The van der Waals surface area contributed by atoms with Crippen molar-refractivity contribution in [2.24, 2.45) is 11.8 Å². The minimum atomic E-state index is -0.882. The SMILES string of the molecule is C=CCN(Cc1ccccc1)C(=O)[C@H]1[C@@H]2SC3(CC2Br)C(C(=O)N(CC=C)c2c(C)cccc2Cl)N(CCO)C(=O)[C@H]13. The van der Waals surface area contributed by atoms with E-state index in [0.29, 0.717) is 30.2 Å². The van der Waals surface area contributed by atoms with E-state index in [-0.39, 0.29) is 47.5 Å². The van der Waals surface area contributed by atoms with Gasteiger partial charge in [0.15, 0.2) is 0 Å². The Morgan fingerprint density at radius 3 is 2.50 bits per heavy atom. The number of nitrogens with zero attached hydrogens (tertiary/aromatic N) is 3. The number of hydrogen-bond acceptors (Lipinski definition) is 5. The van der Waals surface area contributed by atoms with Gasteiger partial charge in [0.1, 0.15) is 6.04 Å². The van der Waals surface area contributed by atoms with Crippen LogP contribution in [0.2, 0.25) is 5.02 Å². The van der Waals surface area contributed by atoms with Gasteiger partial charge in [0.2, 0.25) is 11.8 Å². The average molecular weight is 673 g/mol. The number of aliphatic hydroxyl groups is 1. The number of alkyl halides is 1. The van der Waals surface area contributed by atoms with Crippen molar-refractivity contribution in [1.29, 1.82) is 0 Å². The maximum absolute atomic E-state index is 14.7. The van der Waals surface area contributed by atoms with Crippen molar-refractivity contribution in [2.45, 2.75) is 40.8 Å². The van der Waals surface area contributed by atoms with E-state index in [1.165, 1.54) is 4.90 Å². The zero-order chi connectivity index (χ0) is 30.2. The summed E-state index contributed by atoms with van der Waals surface area (Å²) in [5.74, 6) is -2.00. The van der Waals surface area contributed by atoms with Crippen LogP contribution in [0.3, 0.4) is 0 Å². The normalized spacial score (nSPS) is 27.6. The summed E-state index contributed by atoms with van der Waals surface area (Å²) in [5, 5.41) is 10.3. The fraction of sp³-hybridized carbons (Fsp3) is 0.406. The lowest BCUT2D eigenvalue weighted by atomic mass is 9.70. The molecule has 42 heavy (non-hydrogen) atoms. The molecule has 6 atom stereocenters. The molecule has 2 bridgehead atoms. The molecule has 1 spiro atoms. The predicted molar refractivity (Wildman–Crippen MR) is 172 cm³/mol. The first-order chi connectivity index (χ1) is 20.2. The van der Waals surface area contributed by atoms with Crippen LogP contribution in [-0.2, 0) is 20.9 Å². The topological polar surface area (TPSA) is 81.2 Å². The molecule has 3 saturated heterocycles. The number of fused-ring (bicyclic) bond motifs is 1. The molecule has 7 nitrogen and oxygen atoms in total. The third-order valence-corrected chi connectivity index (χ3v) is 12.1. The average Bonchev–Trinajstić information content (AvgIpc) is 3.55. The third-order valence-electron chi connectivity index (χ3n) is 8.56. The first-order valence-corrected chi connectivity index (χ1v) is 16.2. The molecule has 3 amide bonds. The van der Waals surface area contributed by atoms with Gasteiger partial charge in [-0.25, -0.2) is 0 Å². The summed E-state index contributed by atoms with van der Waals surface area (Å²) in [6.07, 6.45) is 3.88. The van der Waals surface area contributed by atoms with Crippen LogP contribution >= 0.6 is 39.3 Å². The van der Waals surface area contributed by atoms with Gasteiger partial charge in [-0.3, -0.25) is 14.4 Å². The van der Waals surface area contributed by atoms with Crippen molar-refractivity contribution in [3.8, 4) is 0 Å². The van der Waals surface area contributed by atoms with E-state index in [2.05, 4.69) is 29.1 Å². The number of aryl methyl sites for hydroxylation is 1. The van der Waals surface area contributed by atoms with Gasteiger partial charge in [-0.2, -0.15) is 0 Å². The van der Waals surface area contributed by atoms with Crippen molar-refractivity contribution in [3.05, 3.63) is 90.0 Å². The predicted octanol–water partition coefficient (Wildman–Crippen LogP) is 4.84. The summed E-state index contributed by atoms with van der Waals surface area (Å²) in [5.41, 5.74) is 2.37. The maximum Gasteiger partial charge on any atom is 0.251 e. The first kappa shape index (κ1) is 30.9. The molecule has 3 unspecified atom stereocenters. The number of likely N-dealkylation sites (tertiary alicyclic amines) is 1. The van der Waals surface area contributed by atoms with Gasteiger partial charge in [0, 0.05) is 36.3 Å². The molecule has 3 heterocycles. The number of aliphatic hydroxyl groups excluding tert-OH is 1. The lowest BCUT2D eigenvalue weighted by Gasteiger charge is -2.38. The van der Waals surface area contributed by atoms with Crippen molar-refractivity contribution < 1.29 is 19.5 Å². The molecule has 0 aromatic heterocycles. The van der Waals surface area contributed by atoms with Crippen molar-refractivity contribution in [1.82, 2.24) is 9.80 Å². The molecule has 3 aliphatic heterocycles. The van der Waals surface area contributed by atoms with E-state index in [4.69, 9.17) is 11.6 Å². The molecular formula is C32H35BrClN3O4S. The Balaban J connectivity index is 1.56. The van der Waals surface area contributed by atoms with Crippen LogP contribution in [0.1, 0.15) is 17.5 Å². The molecular weight excluding hydrogens is 638 g/mol. The van der Waals surface area contributed by atoms with E-state index in [1.54, 1.807) is 39.8 Å². The van der Waals surface area contributed by atoms with Crippen LogP contribution in [0.4, 0.5) is 5.69 Å². The largest absolute Gasteiger partial charge is 0.395 e. The fourth-order valence-electron chi connectivity index (χ4n) is 6.98. The molecule has 0 aliphatic carbocycles. The maximum atomic E-state index is 14.7. The number of anilines is 1. The van der Waals surface area contributed by atoms with E-state index in [1.807, 2.05) is 49.4 Å². The number of carbonyl (C=O) groups is 3. The van der Waals surface area contributed by atoms with Gasteiger partial charge in [0.25, 0.3) is 5.91 Å². The van der Waals surface area contributed by atoms with E-state index in [0.717, 1.165) is 11.1 Å². The summed E-state index contributed by atoms with van der Waals surface area (Å²) in [6.45, 7) is 10.2. The lowest BCUT2D eigenvalue weighted by molar-refractivity contribution is -0.144. The summed E-state index contributed by atoms with van der Waals surface area (Å²) in [6, 6.07) is 14.3. The molecule has 0 radical (unpaired) electrons. The first-order valence-electron chi connectivity index (χ1n) is 14.0. The summed E-state index contributed by atoms with van der Waals surface area (Å²) in [7, 11) is 0. The Hall–Kier alpha value is -2.59. The van der Waals surface area contributed by atoms with Crippen molar-refractivity contribution in [3.63, 3.8) is 0 Å². The Morgan fingerprint density at radius 1 is 1.14 bits per heavy atom. The van der Waals surface area contributed by atoms with Crippen LogP contribution in [0.5, 0.6) is 0 Å². The number of halogens is 2. The molecule has 5 rings (SSSR count). The van der Waals surface area contributed by atoms with Gasteiger partial charge >= 0.3 is 0 Å². The van der Waals surface area contributed by atoms with E-state index < -0.39 is 22.6 Å². The highest BCUT2D eigenvalue weighted by Gasteiger charge is 2.76. The third kappa shape index (κ3) is 5.12. The van der Waals surface area contributed by atoms with Crippen molar-refractivity contribution >= 4 is 62.7 Å². The van der Waals surface area contributed by atoms with Gasteiger partial charge in [-0.15, -0.1) is 24.9 Å². The second kappa shape index (κ2) is 12.6. The number of rotatable bonds is 11. The Morgan fingerprint density at radius 2 is 1.86 bits per heavy atom. The summed E-state index contributed by atoms with van der Waals surface area (Å²) in [4.78, 5) is 48.0. The minimum Gasteiger partial charge on any atom is -0.395 e. The highest BCUT2D eigenvalue weighted by Crippen LogP contribution is 2.68. The quantitative estimate of drug-likeness (QED) is 0.273. The highest BCUT2D eigenvalue weighted by atomic mass is 79.9. The molecule has 10 heteroatoms. The number of amides is 3. The molecule has 222 valence electrons. The minimum absolute atomic E-state index is 0.00357. The van der Waals surface area contributed by atoms with Gasteiger partial charge < -0.3 is 19.8 Å². The standard InChI is InChI=1S/C32H35BrClN3O4S/c1-4-14-35(19-21-11-7-6-8-12-21)29(39)24-25-30(40)37(16-17-38)28(32(25)18-22(33)27(24)42-32)31(41)36(15-5-2)26-20(3)10-9-13-23(26)34/h4-13,22,24-25,27-28,38H,1-2,14-19H2,3H3/t22?,24-,25+,27-,28?,32?/m1/s1.